The van der Waals surface area contributed by atoms with Crippen molar-refractivity contribution in [2.24, 2.45) is 0 Å². The highest BCUT2D eigenvalue weighted by molar-refractivity contribution is 5.22. The van der Waals surface area contributed by atoms with Crippen LogP contribution in [-0.4, -0.2) is 16.6 Å². The van der Waals surface area contributed by atoms with Crippen LogP contribution in [0.5, 0.6) is 5.75 Å². The number of H-pyrrole nitrogens is 1. The molecule has 3 heteroatoms. The molecule has 0 bridgehead atoms. The summed E-state index contributed by atoms with van der Waals surface area (Å²) in [6.45, 7) is 0.627. The van der Waals surface area contributed by atoms with Crippen LogP contribution in [0.15, 0.2) is 66.9 Å². The van der Waals surface area contributed by atoms with Gasteiger partial charge in [0.2, 0.25) is 0 Å². The van der Waals surface area contributed by atoms with Gasteiger partial charge in [0, 0.05) is 24.7 Å². The Bertz CT molecular complexity index is 662. The zero-order valence-corrected chi connectivity index (χ0v) is 11.8. The van der Waals surface area contributed by atoms with Crippen LogP contribution in [0.1, 0.15) is 17.1 Å². The smallest absolute Gasteiger partial charge is 0.119 e. The standard InChI is InChI=1S/C18H18N2O/c1-3-7-15(8-4-1)13-16-14-19-18(20-16)11-12-21-17-9-5-2-6-10-17/h1-10,14H,11-13H2,(H,19,20). The van der Waals surface area contributed by atoms with Crippen molar-refractivity contribution < 1.29 is 4.74 Å². The summed E-state index contributed by atoms with van der Waals surface area (Å²) < 4.78 is 5.68. The van der Waals surface area contributed by atoms with Crippen molar-refractivity contribution in [2.45, 2.75) is 12.8 Å². The Morgan fingerprint density at radius 1 is 0.905 bits per heavy atom. The summed E-state index contributed by atoms with van der Waals surface area (Å²) in [4.78, 5) is 7.76. The second-order valence-electron chi connectivity index (χ2n) is 4.93. The van der Waals surface area contributed by atoms with Crippen molar-refractivity contribution in [1.82, 2.24) is 9.97 Å². The van der Waals surface area contributed by atoms with Crippen LogP contribution in [0.2, 0.25) is 0 Å². The first kappa shape index (κ1) is 13.4. The van der Waals surface area contributed by atoms with Crippen molar-refractivity contribution >= 4 is 0 Å². The molecule has 0 saturated carbocycles. The molecule has 0 aliphatic heterocycles. The Hall–Kier alpha value is -2.55. The van der Waals surface area contributed by atoms with Crippen LogP contribution < -0.4 is 4.74 Å². The first-order valence-corrected chi connectivity index (χ1v) is 7.15. The van der Waals surface area contributed by atoms with E-state index in [9.17, 15) is 0 Å². The fourth-order valence-electron chi connectivity index (χ4n) is 2.22. The molecule has 3 rings (SSSR count). The number of nitrogens with zero attached hydrogens (tertiary/aromatic N) is 1. The zero-order valence-electron chi connectivity index (χ0n) is 11.8. The Kier molecular flexibility index (Phi) is 4.32. The van der Waals surface area contributed by atoms with Gasteiger partial charge in [0.05, 0.1) is 6.61 Å². The molecule has 0 aliphatic carbocycles. The van der Waals surface area contributed by atoms with E-state index in [4.69, 9.17) is 4.74 Å². The van der Waals surface area contributed by atoms with Gasteiger partial charge in [-0.25, -0.2) is 4.98 Å². The summed E-state index contributed by atoms with van der Waals surface area (Å²) in [7, 11) is 0. The number of imidazole rings is 1. The van der Waals surface area contributed by atoms with Crippen LogP contribution in [0.3, 0.4) is 0 Å². The lowest BCUT2D eigenvalue weighted by Gasteiger charge is -2.04. The van der Waals surface area contributed by atoms with Gasteiger partial charge in [-0.1, -0.05) is 48.5 Å². The molecular formula is C18H18N2O. The molecule has 3 nitrogen and oxygen atoms in total. The molecule has 21 heavy (non-hydrogen) atoms. The number of hydrogen-bond donors (Lipinski definition) is 1. The minimum Gasteiger partial charge on any atom is -0.493 e. The van der Waals surface area contributed by atoms with Gasteiger partial charge in [0.1, 0.15) is 11.6 Å². The molecular weight excluding hydrogens is 260 g/mol. The summed E-state index contributed by atoms with van der Waals surface area (Å²) in [5, 5.41) is 0. The van der Waals surface area contributed by atoms with E-state index < -0.39 is 0 Å². The minimum atomic E-state index is 0.627. The van der Waals surface area contributed by atoms with Gasteiger partial charge < -0.3 is 9.72 Å². The highest BCUT2D eigenvalue weighted by Gasteiger charge is 2.02. The molecule has 3 aromatic rings. The number of benzene rings is 2. The van der Waals surface area contributed by atoms with Gasteiger partial charge >= 0.3 is 0 Å². The van der Waals surface area contributed by atoms with E-state index in [1.165, 1.54) is 5.56 Å². The molecule has 0 saturated heterocycles. The van der Waals surface area contributed by atoms with Crippen molar-refractivity contribution in [3.63, 3.8) is 0 Å². The summed E-state index contributed by atoms with van der Waals surface area (Å²) in [5.74, 6) is 1.87. The van der Waals surface area contributed by atoms with Crippen molar-refractivity contribution in [3.8, 4) is 5.75 Å². The van der Waals surface area contributed by atoms with E-state index in [1.807, 2.05) is 42.6 Å². The first-order chi connectivity index (χ1) is 10.4. The Balaban J connectivity index is 1.51. The molecule has 0 radical (unpaired) electrons. The quantitative estimate of drug-likeness (QED) is 0.747. The van der Waals surface area contributed by atoms with E-state index in [-0.39, 0.29) is 0 Å². The van der Waals surface area contributed by atoms with E-state index in [0.717, 1.165) is 30.1 Å². The molecule has 0 spiro atoms. The molecule has 106 valence electrons. The second-order valence-corrected chi connectivity index (χ2v) is 4.93. The van der Waals surface area contributed by atoms with Gasteiger partial charge in [-0.15, -0.1) is 0 Å². The number of hydrogen-bond acceptors (Lipinski definition) is 2. The maximum Gasteiger partial charge on any atom is 0.119 e. The summed E-state index contributed by atoms with van der Waals surface area (Å²) in [6, 6.07) is 20.2. The van der Waals surface area contributed by atoms with Gasteiger partial charge in [0.15, 0.2) is 0 Å². The predicted molar refractivity (Wildman–Crippen MR) is 83.5 cm³/mol. The molecule has 0 unspecified atom stereocenters. The van der Waals surface area contributed by atoms with Crippen LogP contribution in [0.25, 0.3) is 0 Å². The first-order valence-electron chi connectivity index (χ1n) is 7.15. The largest absolute Gasteiger partial charge is 0.493 e. The Morgan fingerprint density at radius 2 is 1.62 bits per heavy atom. The molecule has 1 aromatic heterocycles. The van der Waals surface area contributed by atoms with Crippen molar-refractivity contribution in [1.29, 1.82) is 0 Å². The third-order valence-electron chi connectivity index (χ3n) is 3.27. The molecule has 0 aliphatic rings. The van der Waals surface area contributed by atoms with Crippen molar-refractivity contribution in [3.05, 3.63) is 83.9 Å². The fraction of sp³-hybridized carbons (Fsp3) is 0.167. The van der Waals surface area contributed by atoms with Gasteiger partial charge in [-0.3, -0.25) is 0 Å². The van der Waals surface area contributed by atoms with Crippen molar-refractivity contribution in [2.75, 3.05) is 6.61 Å². The van der Waals surface area contributed by atoms with Crippen LogP contribution in [0, 0.1) is 0 Å². The molecule has 1 heterocycles. The normalized spacial score (nSPS) is 10.5. The number of ether oxygens (including phenoxy) is 1. The average molecular weight is 278 g/mol. The number of para-hydroxylation sites is 1. The van der Waals surface area contributed by atoms with Crippen LogP contribution in [0.4, 0.5) is 0 Å². The lowest BCUT2D eigenvalue weighted by Crippen LogP contribution is -2.02. The van der Waals surface area contributed by atoms with E-state index >= 15 is 0 Å². The Morgan fingerprint density at radius 3 is 2.38 bits per heavy atom. The highest BCUT2D eigenvalue weighted by Crippen LogP contribution is 2.10. The maximum atomic E-state index is 5.68. The molecule has 2 aromatic carbocycles. The lowest BCUT2D eigenvalue weighted by atomic mass is 10.1. The minimum absolute atomic E-state index is 0.627. The SMILES string of the molecule is c1ccc(Cc2cnc(CCOc3ccccc3)[nH]2)cc1. The lowest BCUT2D eigenvalue weighted by molar-refractivity contribution is 0.319. The molecule has 0 amide bonds. The highest BCUT2D eigenvalue weighted by atomic mass is 16.5. The zero-order chi connectivity index (χ0) is 14.3. The second kappa shape index (κ2) is 6.75. The van der Waals surface area contributed by atoms with E-state index in [2.05, 4.69) is 34.2 Å². The Labute approximate surface area is 124 Å². The van der Waals surface area contributed by atoms with Gasteiger partial charge in [-0.05, 0) is 17.7 Å². The molecule has 1 N–H and O–H groups in total. The molecule has 0 fully saturated rings. The number of aromatic amines is 1. The fourth-order valence-corrected chi connectivity index (χ4v) is 2.22. The monoisotopic (exact) mass is 278 g/mol. The number of nitrogens with one attached hydrogen (secondary N) is 1. The van der Waals surface area contributed by atoms with Gasteiger partial charge in [-0.2, -0.15) is 0 Å². The third-order valence-corrected chi connectivity index (χ3v) is 3.27. The third kappa shape index (κ3) is 3.96. The van der Waals surface area contributed by atoms with Gasteiger partial charge in [0.25, 0.3) is 0 Å². The summed E-state index contributed by atoms with van der Waals surface area (Å²) >= 11 is 0. The topological polar surface area (TPSA) is 37.9 Å². The molecule has 0 atom stereocenters. The van der Waals surface area contributed by atoms with Crippen LogP contribution >= 0.6 is 0 Å². The van der Waals surface area contributed by atoms with E-state index in [1.54, 1.807) is 0 Å². The number of aromatic nitrogens is 2. The number of rotatable bonds is 6. The summed E-state index contributed by atoms with van der Waals surface area (Å²) in [6.07, 6.45) is 3.57. The maximum absolute atomic E-state index is 5.68. The average Bonchev–Trinajstić information content (AvgIpc) is 2.97. The van der Waals surface area contributed by atoms with Crippen LogP contribution in [-0.2, 0) is 12.8 Å². The van der Waals surface area contributed by atoms with E-state index in [0.29, 0.717) is 6.61 Å². The summed E-state index contributed by atoms with van der Waals surface area (Å²) in [5.41, 5.74) is 2.42. The predicted octanol–water partition coefficient (Wildman–Crippen LogP) is 3.62.